The van der Waals surface area contributed by atoms with Crippen molar-refractivity contribution in [3.63, 3.8) is 0 Å². The van der Waals surface area contributed by atoms with Gasteiger partial charge in [-0.3, -0.25) is 0 Å². The van der Waals surface area contributed by atoms with E-state index in [1.165, 1.54) is 17.7 Å². The monoisotopic (exact) mass is 445 g/mol. The minimum atomic E-state index is -3.56. The number of benzene rings is 2. The Morgan fingerprint density at radius 1 is 1.00 bits per heavy atom. The molecule has 2 N–H and O–H groups in total. The molecule has 1 fully saturated rings. The molecule has 0 spiro atoms. The molecule has 1 aliphatic carbocycles. The first kappa shape index (κ1) is 21.0. The quantitative estimate of drug-likeness (QED) is 0.552. The van der Waals surface area contributed by atoms with Crippen LogP contribution in [0.1, 0.15) is 42.6 Å². The van der Waals surface area contributed by atoms with Gasteiger partial charge in [0, 0.05) is 18.0 Å². The van der Waals surface area contributed by atoms with E-state index in [2.05, 4.69) is 49.6 Å². The lowest BCUT2D eigenvalue weighted by Gasteiger charge is -2.29. The normalized spacial score (nSPS) is 16.0. The molecule has 0 amide bonds. The number of rotatable bonds is 8. The van der Waals surface area contributed by atoms with E-state index in [1.807, 2.05) is 0 Å². The number of hydrogen-bond donors (Lipinski definition) is 2. The average molecular weight is 446 g/mol. The number of aromatic nitrogens is 4. The summed E-state index contributed by atoms with van der Waals surface area (Å²) >= 11 is 5.88. The molecule has 1 saturated carbocycles. The summed E-state index contributed by atoms with van der Waals surface area (Å²) in [4.78, 5) is 0.242. The van der Waals surface area contributed by atoms with E-state index in [9.17, 15) is 8.42 Å². The van der Waals surface area contributed by atoms with Gasteiger partial charge in [0.05, 0.1) is 4.90 Å². The molecule has 4 rings (SSSR count). The van der Waals surface area contributed by atoms with Crippen LogP contribution < -0.4 is 4.72 Å². The number of nitrogens with zero attached hydrogens (tertiary/aromatic N) is 3. The van der Waals surface area contributed by atoms with Gasteiger partial charge in [-0.25, -0.2) is 18.2 Å². The molecule has 1 aromatic heterocycles. The lowest BCUT2D eigenvalue weighted by Crippen LogP contribution is -2.37. The van der Waals surface area contributed by atoms with Gasteiger partial charge < -0.3 is 0 Å². The second kappa shape index (κ2) is 8.83. The van der Waals surface area contributed by atoms with Gasteiger partial charge in [0.15, 0.2) is 5.82 Å². The highest BCUT2D eigenvalue weighted by Gasteiger charge is 2.35. The van der Waals surface area contributed by atoms with Crippen LogP contribution in [0.5, 0.6) is 0 Å². The van der Waals surface area contributed by atoms with Gasteiger partial charge >= 0.3 is 0 Å². The second-order valence-corrected chi connectivity index (χ2v) is 10.2. The van der Waals surface area contributed by atoms with E-state index in [-0.39, 0.29) is 10.3 Å². The van der Waals surface area contributed by atoms with E-state index in [4.69, 9.17) is 11.6 Å². The van der Waals surface area contributed by atoms with Crippen LogP contribution in [0.25, 0.3) is 0 Å². The Labute approximate surface area is 181 Å². The highest BCUT2D eigenvalue weighted by Crippen LogP contribution is 2.40. The Morgan fingerprint density at radius 2 is 1.67 bits per heavy atom. The van der Waals surface area contributed by atoms with Crippen LogP contribution in [0.4, 0.5) is 0 Å². The maximum absolute atomic E-state index is 12.7. The smallest absolute Gasteiger partial charge is 0.240 e. The molecular weight excluding hydrogens is 422 g/mol. The summed E-state index contributed by atoms with van der Waals surface area (Å²) in [6, 6.07) is 14.7. The fourth-order valence-corrected chi connectivity index (χ4v) is 5.42. The Kier molecular flexibility index (Phi) is 6.17. The van der Waals surface area contributed by atoms with Crippen molar-refractivity contribution in [2.45, 2.75) is 43.4 Å². The zero-order valence-electron chi connectivity index (χ0n) is 16.5. The van der Waals surface area contributed by atoms with Gasteiger partial charge in [0.1, 0.15) is 0 Å². The SMILES string of the molecule is O=S(=O)(NCC1(Cc2ccc(Cc3nnn[nH]3)cc2)CCCC1)c1ccc(Cl)cc1. The fourth-order valence-electron chi connectivity index (χ4n) is 4.14. The summed E-state index contributed by atoms with van der Waals surface area (Å²) in [5.74, 6) is 0.728. The van der Waals surface area contributed by atoms with Crippen molar-refractivity contribution in [3.05, 3.63) is 70.5 Å². The standard InChI is InChI=1S/C21H24ClN5O2S/c22-18-7-9-19(10-8-18)30(28,29)23-15-21(11-1-2-12-21)14-17-5-3-16(4-6-17)13-20-24-26-27-25-20/h3-10,23H,1-2,11-15H2,(H,24,25,26,27). The zero-order chi connectivity index (χ0) is 21.0. The summed E-state index contributed by atoms with van der Waals surface area (Å²) in [7, 11) is -3.56. The van der Waals surface area contributed by atoms with Crippen molar-refractivity contribution in [1.29, 1.82) is 0 Å². The van der Waals surface area contributed by atoms with Gasteiger partial charge in [0.25, 0.3) is 0 Å². The molecule has 0 bridgehead atoms. The number of tetrazole rings is 1. The van der Waals surface area contributed by atoms with Crippen LogP contribution in [-0.2, 0) is 22.9 Å². The van der Waals surface area contributed by atoms with Crippen LogP contribution in [0.3, 0.4) is 0 Å². The average Bonchev–Trinajstić information content (AvgIpc) is 3.41. The third-order valence-corrected chi connectivity index (χ3v) is 7.46. The maximum atomic E-state index is 12.7. The first-order chi connectivity index (χ1) is 14.4. The first-order valence-electron chi connectivity index (χ1n) is 10.00. The van der Waals surface area contributed by atoms with E-state index >= 15 is 0 Å². The molecule has 9 heteroatoms. The molecule has 3 aromatic rings. The van der Waals surface area contributed by atoms with E-state index < -0.39 is 10.0 Å². The Hall–Kier alpha value is -2.29. The number of H-pyrrole nitrogens is 1. The Balaban J connectivity index is 1.43. The van der Waals surface area contributed by atoms with E-state index in [1.54, 1.807) is 12.1 Å². The fraction of sp³-hybridized carbons (Fsp3) is 0.381. The molecule has 158 valence electrons. The zero-order valence-corrected chi connectivity index (χ0v) is 18.1. The Morgan fingerprint density at radius 3 is 2.30 bits per heavy atom. The summed E-state index contributed by atoms with van der Waals surface area (Å²) in [5, 5.41) is 14.4. The summed E-state index contributed by atoms with van der Waals surface area (Å²) in [6.45, 7) is 0.434. The molecule has 0 saturated heterocycles. The van der Waals surface area contributed by atoms with Crippen LogP contribution in [0, 0.1) is 5.41 Å². The molecule has 1 aliphatic rings. The van der Waals surface area contributed by atoms with Crippen molar-refractivity contribution >= 4 is 21.6 Å². The van der Waals surface area contributed by atoms with Gasteiger partial charge in [-0.1, -0.05) is 48.7 Å². The van der Waals surface area contributed by atoms with Gasteiger partial charge in [-0.05, 0) is 70.5 Å². The number of halogens is 1. The highest BCUT2D eigenvalue weighted by molar-refractivity contribution is 7.89. The molecule has 0 radical (unpaired) electrons. The van der Waals surface area contributed by atoms with Crippen LogP contribution in [-0.4, -0.2) is 35.6 Å². The molecule has 7 nitrogen and oxygen atoms in total. The molecule has 1 heterocycles. The van der Waals surface area contributed by atoms with Crippen molar-refractivity contribution in [3.8, 4) is 0 Å². The van der Waals surface area contributed by atoms with Crippen molar-refractivity contribution in [2.24, 2.45) is 5.41 Å². The number of aromatic amines is 1. The van der Waals surface area contributed by atoms with Gasteiger partial charge in [-0.2, -0.15) is 0 Å². The highest BCUT2D eigenvalue weighted by atomic mass is 35.5. The summed E-state index contributed by atoms with van der Waals surface area (Å²) in [6.07, 6.45) is 5.78. The first-order valence-corrected chi connectivity index (χ1v) is 11.9. The third-order valence-electron chi connectivity index (χ3n) is 5.79. The molecule has 0 atom stereocenters. The van der Waals surface area contributed by atoms with Crippen LogP contribution >= 0.6 is 11.6 Å². The Bertz CT molecular complexity index is 1060. The maximum Gasteiger partial charge on any atom is 0.240 e. The minimum absolute atomic E-state index is 0.0597. The second-order valence-electron chi connectivity index (χ2n) is 8.00. The molecule has 0 unspecified atom stereocenters. The topological polar surface area (TPSA) is 101 Å². The van der Waals surface area contributed by atoms with E-state index in [0.717, 1.165) is 43.5 Å². The molecule has 0 aliphatic heterocycles. The number of hydrogen-bond acceptors (Lipinski definition) is 5. The van der Waals surface area contributed by atoms with Crippen molar-refractivity contribution in [2.75, 3.05) is 6.54 Å². The number of sulfonamides is 1. The van der Waals surface area contributed by atoms with Crippen molar-refractivity contribution < 1.29 is 8.42 Å². The van der Waals surface area contributed by atoms with E-state index in [0.29, 0.717) is 18.0 Å². The minimum Gasteiger partial charge on any atom is -0.243 e. The molecule has 30 heavy (non-hydrogen) atoms. The summed E-state index contributed by atoms with van der Waals surface area (Å²) in [5.41, 5.74) is 2.28. The largest absolute Gasteiger partial charge is 0.243 e. The third kappa shape index (κ3) is 5.06. The van der Waals surface area contributed by atoms with Gasteiger partial charge in [0.2, 0.25) is 10.0 Å². The molecule has 2 aromatic carbocycles. The van der Waals surface area contributed by atoms with Crippen LogP contribution in [0.2, 0.25) is 5.02 Å². The molecular formula is C21H24ClN5O2S. The predicted molar refractivity (Wildman–Crippen MR) is 115 cm³/mol. The lowest BCUT2D eigenvalue weighted by atomic mass is 9.80. The number of nitrogens with one attached hydrogen (secondary N) is 2. The van der Waals surface area contributed by atoms with Gasteiger partial charge in [-0.15, -0.1) is 5.10 Å². The van der Waals surface area contributed by atoms with Crippen molar-refractivity contribution in [1.82, 2.24) is 25.3 Å². The lowest BCUT2D eigenvalue weighted by molar-refractivity contribution is 0.295. The summed E-state index contributed by atoms with van der Waals surface area (Å²) < 4.78 is 28.3. The van der Waals surface area contributed by atoms with Crippen LogP contribution in [0.15, 0.2) is 53.4 Å². The predicted octanol–water partition coefficient (Wildman–Crippen LogP) is 3.53.